The number of aromatic nitrogens is 2. The topological polar surface area (TPSA) is 134 Å². The van der Waals surface area contributed by atoms with Gasteiger partial charge in [0.15, 0.2) is 0 Å². The van der Waals surface area contributed by atoms with E-state index in [1.807, 2.05) is 65.8 Å². The summed E-state index contributed by atoms with van der Waals surface area (Å²) in [5.41, 5.74) is 0.701. The van der Waals surface area contributed by atoms with E-state index in [0.29, 0.717) is 19.5 Å². The van der Waals surface area contributed by atoms with Crippen molar-refractivity contribution in [3.63, 3.8) is 0 Å². The smallest absolute Gasteiger partial charge is 0.417 e. The summed E-state index contributed by atoms with van der Waals surface area (Å²) in [6, 6.07) is 7.44. The van der Waals surface area contributed by atoms with E-state index in [1.165, 1.54) is 36.3 Å². The first-order valence-corrected chi connectivity index (χ1v) is 15.0. The van der Waals surface area contributed by atoms with Crippen LogP contribution in [0.2, 0.25) is 0 Å². The third-order valence-electron chi connectivity index (χ3n) is 6.45. The number of aromatic amines is 1. The first kappa shape index (κ1) is 33.8. The molecule has 0 spiro atoms. The highest BCUT2D eigenvalue weighted by Crippen LogP contribution is 2.40. The van der Waals surface area contributed by atoms with Crippen molar-refractivity contribution in [2.45, 2.75) is 89.3 Å². The maximum absolute atomic E-state index is 13.3. The Hall–Kier alpha value is -3.74. The van der Waals surface area contributed by atoms with Crippen LogP contribution in [0.5, 0.6) is 0 Å². The number of nitrogens with zero attached hydrogens (tertiary/aromatic N) is 4. The number of hydrogen-bond acceptors (Lipinski definition) is 9. The monoisotopic (exact) mass is 617 g/mol. The van der Waals surface area contributed by atoms with Gasteiger partial charge in [0.1, 0.15) is 16.9 Å². The van der Waals surface area contributed by atoms with Crippen LogP contribution in [0.25, 0.3) is 0 Å². The van der Waals surface area contributed by atoms with E-state index in [-0.39, 0.29) is 17.0 Å². The van der Waals surface area contributed by atoms with Gasteiger partial charge >= 0.3 is 18.3 Å². The van der Waals surface area contributed by atoms with Gasteiger partial charge in [-0.15, -0.1) is 11.8 Å². The molecule has 1 aromatic carbocycles. The van der Waals surface area contributed by atoms with Crippen LogP contribution in [0, 0.1) is 0 Å². The van der Waals surface area contributed by atoms with Crippen LogP contribution in [0.4, 0.5) is 14.4 Å². The minimum Gasteiger partial charge on any atom is -0.452 e. The van der Waals surface area contributed by atoms with E-state index in [4.69, 9.17) is 14.2 Å². The highest BCUT2D eigenvalue weighted by Gasteiger charge is 2.41. The van der Waals surface area contributed by atoms with Gasteiger partial charge in [-0.2, -0.15) is 0 Å². The number of likely N-dealkylation sites (tertiary alicyclic amines) is 1. The second-order valence-corrected chi connectivity index (χ2v) is 14.1. The molecule has 13 heteroatoms. The number of imide groups is 1. The molecule has 0 aliphatic carbocycles. The minimum absolute atomic E-state index is 0.118. The van der Waals surface area contributed by atoms with Crippen molar-refractivity contribution in [3.8, 4) is 0 Å². The standard InChI is InChI=1S/C30H43N5O7S/c1-19(35(28(39)40-9)25(36)23-15-31-18-32-23)43-22-14-24(34(17-22)27(38)42-30(5,6)7)21-12-10-20(11-13-21)16-33(8)26(37)41-29(2,3)4/h10-13,15,18-19,22,24H,14,16-17H2,1-9H3,(H,31,32)/t19-,22-,24-/m0/s1. The Labute approximate surface area is 257 Å². The number of carbonyl (C=O) groups is 4. The lowest BCUT2D eigenvalue weighted by molar-refractivity contribution is 0.0222. The number of H-pyrrole nitrogens is 1. The van der Waals surface area contributed by atoms with Gasteiger partial charge < -0.3 is 29.0 Å². The molecule has 1 aromatic heterocycles. The summed E-state index contributed by atoms with van der Waals surface area (Å²) in [7, 11) is 2.90. The zero-order valence-corrected chi connectivity index (χ0v) is 27.2. The van der Waals surface area contributed by atoms with Crippen LogP contribution in [0.1, 0.15) is 82.5 Å². The van der Waals surface area contributed by atoms with Gasteiger partial charge in [0, 0.05) is 25.4 Å². The molecule has 1 aliphatic rings. The Balaban J connectivity index is 1.79. The highest BCUT2D eigenvalue weighted by atomic mass is 32.2. The van der Waals surface area contributed by atoms with E-state index in [1.54, 1.807) is 18.9 Å². The third-order valence-corrected chi connectivity index (χ3v) is 7.78. The van der Waals surface area contributed by atoms with E-state index >= 15 is 0 Å². The predicted molar refractivity (Wildman–Crippen MR) is 162 cm³/mol. The van der Waals surface area contributed by atoms with E-state index < -0.39 is 40.8 Å². The number of imidazole rings is 1. The maximum atomic E-state index is 13.3. The molecule has 2 heterocycles. The Morgan fingerprint density at radius 3 is 2.21 bits per heavy atom. The largest absolute Gasteiger partial charge is 0.452 e. The van der Waals surface area contributed by atoms with Crippen molar-refractivity contribution in [1.82, 2.24) is 24.7 Å². The Morgan fingerprint density at radius 2 is 1.67 bits per heavy atom. The summed E-state index contributed by atoms with van der Waals surface area (Å²) >= 11 is 1.40. The Kier molecular flexibility index (Phi) is 10.8. The fourth-order valence-corrected chi connectivity index (χ4v) is 6.00. The highest BCUT2D eigenvalue weighted by molar-refractivity contribution is 8.00. The van der Waals surface area contributed by atoms with Crippen LogP contribution in [0.3, 0.4) is 0 Å². The number of benzene rings is 1. The molecular formula is C30H43N5O7S. The molecule has 4 amide bonds. The molecule has 0 bridgehead atoms. The quantitative estimate of drug-likeness (QED) is 0.301. The minimum atomic E-state index is -0.787. The number of nitrogens with one attached hydrogen (secondary N) is 1. The average molecular weight is 618 g/mol. The first-order valence-electron chi connectivity index (χ1n) is 14.1. The van der Waals surface area contributed by atoms with Gasteiger partial charge in [-0.3, -0.25) is 4.79 Å². The molecule has 1 aliphatic heterocycles. The van der Waals surface area contributed by atoms with Gasteiger partial charge in [-0.1, -0.05) is 24.3 Å². The fraction of sp³-hybridized carbons (Fsp3) is 0.567. The summed E-state index contributed by atoms with van der Waals surface area (Å²) < 4.78 is 16.1. The lowest BCUT2D eigenvalue weighted by atomic mass is 10.0. The van der Waals surface area contributed by atoms with Gasteiger partial charge in [-0.25, -0.2) is 24.3 Å². The van der Waals surface area contributed by atoms with E-state index in [0.717, 1.165) is 16.0 Å². The average Bonchev–Trinajstić information content (AvgIpc) is 3.58. The SMILES string of the molecule is COC(=O)N(C(=O)c1cnc[nH]1)[C@H](C)S[C@H]1C[C@@H](c2ccc(CN(C)C(=O)OC(C)(C)C)cc2)N(C(=O)OC(C)(C)C)C1. The van der Waals surface area contributed by atoms with Crippen LogP contribution < -0.4 is 0 Å². The number of methoxy groups -OCH3 is 1. The summed E-state index contributed by atoms with van der Waals surface area (Å²) in [5, 5.41) is -0.717. The molecule has 0 radical (unpaired) electrons. The van der Waals surface area contributed by atoms with Crippen molar-refractivity contribution in [2.75, 3.05) is 20.7 Å². The lowest BCUT2D eigenvalue weighted by Gasteiger charge is -2.29. The number of hydrogen-bond donors (Lipinski definition) is 1. The number of carbonyl (C=O) groups excluding carboxylic acids is 4. The molecule has 12 nitrogen and oxygen atoms in total. The number of thioether (sulfide) groups is 1. The summed E-state index contributed by atoms with van der Waals surface area (Å²) in [6.45, 7) is 13.4. The molecule has 43 heavy (non-hydrogen) atoms. The molecule has 3 rings (SSSR count). The molecule has 1 N–H and O–H groups in total. The second-order valence-electron chi connectivity index (χ2n) is 12.4. The summed E-state index contributed by atoms with van der Waals surface area (Å²) in [6.07, 6.45) is 1.63. The maximum Gasteiger partial charge on any atom is 0.417 e. The van der Waals surface area contributed by atoms with Crippen LogP contribution in [0.15, 0.2) is 36.8 Å². The van der Waals surface area contributed by atoms with E-state index in [2.05, 4.69) is 9.97 Å². The van der Waals surface area contributed by atoms with E-state index in [9.17, 15) is 19.2 Å². The van der Waals surface area contributed by atoms with Gasteiger partial charge in [-0.05, 0) is 66.0 Å². The molecule has 3 atom stereocenters. The zero-order valence-electron chi connectivity index (χ0n) is 26.4. The molecule has 0 unspecified atom stereocenters. The molecule has 1 saturated heterocycles. The van der Waals surface area contributed by atoms with Gasteiger partial charge in [0.25, 0.3) is 5.91 Å². The van der Waals surface area contributed by atoms with Crippen molar-refractivity contribution in [2.24, 2.45) is 0 Å². The normalized spacial score (nSPS) is 17.7. The Morgan fingerprint density at radius 1 is 1.05 bits per heavy atom. The van der Waals surface area contributed by atoms with Crippen LogP contribution >= 0.6 is 11.8 Å². The molecule has 1 fully saturated rings. The van der Waals surface area contributed by atoms with Crippen molar-refractivity contribution in [3.05, 3.63) is 53.6 Å². The molecule has 0 saturated carbocycles. The van der Waals surface area contributed by atoms with Crippen molar-refractivity contribution < 1.29 is 33.4 Å². The van der Waals surface area contributed by atoms with Crippen molar-refractivity contribution >= 4 is 35.9 Å². The summed E-state index contributed by atoms with van der Waals surface area (Å²) in [4.78, 5) is 62.3. The molecule has 236 valence electrons. The molecule has 2 aromatic rings. The number of ether oxygens (including phenoxy) is 3. The Bertz CT molecular complexity index is 1270. The first-order chi connectivity index (χ1) is 20.0. The zero-order chi connectivity index (χ0) is 32.1. The predicted octanol–water partition coefficient (Wildman–Crippen LogP) is 5.82. The number of rotatable bonds is 7. The second kappa shape index (κ2) is 13.7. The molecular weight excluding hydrogens is 574 g/mol. The lowest BCUT2D eigenvalue weighted by Crippen LogP contribution is -2.43. The third kappa shape index (κ3) is 9.37. The van der Waals surface area contributed by atoms with Crippen LogP contribution in [-0.2, 0) is 20.8 Å². The van der Waals surface area contributed by atoms with Crippen molar-refractivity contribution in [1.29, 1.82) is 0 Å². The van der Waals surface area contributed by atoms with Gasteiger partial charge in [0.2, 0.25) is 0 Å². The van der Waals surface area contributed by atoms with Gasteiger partial charge in [0.05, 0.1) is 31.0 Å². The summed E-state index contributed by atoms with van der Waals surface area (Å²) in [5.74, 6) is -0.560. The van der Waals surface area contributed by atoms with Crippen LogP contribution in [-0.4, -0.2) is 91.4 Å². The fourth-order valence-electron chi connectivity index (χ4n) is 4.59. The number of amides is 4.